The van der Waals surface area contributed by atoms with E-state index in [2.05, 4.69) is 5.32 Å². The van der Waals surface area contributed by atoms with Gasteiger partial charge in [0.1, 0.15) is 6.04 Å². The zero-order valence-electron chi connectivity index (χ0n) is 6.74. The van der Waals surface area contributed by atoms with Gasteiger partial charge in [-0.05, 0) is 12.1 Å². The van der Waals surface area contributed by atoms with Crippen LogP contribution in [0.3, 0.4) is 0 Å². The summed E-state index contributed by atoms with van der Waals surface area (Å²) in [6.45, 7) is 0. The van der Waals surface area contributed by atoms with E-state index in [1.165, 1.54) is 0 Å². The van der Waals surface area contributed by atoms with E-state index in [1.807, 2.05) is 6.07 Å². The Morgan fingerprint density at radius 1 is 1.54 bits per heavy atom. The number of nitrogens with zero attached hydrogens (tertiary/aromatic N) is 1. The number of anilines is 1. The predicted octanol–water partition coefficient (Wildman–Crippen LogP) is 0.510. The van der Waals surface area contributed by atoms with E-state index in [-0.39, 0.29) is 5.91 Å². The number of carbonyl (C=O) groups is 1. The minimum Gasteiger partial charge on any atom is -0.324 e. The van der Waals surface area contributed by atoms with Gasteiger partial charge in [-0.1, -0.05) is 6.07 Å². The van der Waals surface area contributed by atoms with E-state index in [0.717, 1.165) is 5.56 Å². The van der Waals surface area contributed by atoms with Crippen molar-refractivity contribution in [3.05, 3.63) is 29.3 Å². The van der Waals surface area contributed by atoms with Gasteiger partial charge in [0.15, 0.2) is 0 Å². The number of fused-ring (bicyclic) bond motifs is 1. The van der Waals surface area contributed by atoms with Gasteiger partial charge in [-0.15, -0.1) is 0 Å². The lowest BCUT2D eigenvalue weighted by molar-refractivity contribution is -0.116. The summed E-state index contributed by atoms with van der Waals surface area (Å²) in [5.74, 6) is -0.218. The number of hydrogen-bond acceptors (Lipinski definition) is 3. The molecule has 1 unspecified atom stereocenters. The molecule has 0 radical (unpaired) electrons. The van der Waals surface area contributed by atoms with Crippen LogP contribution in [-0.4, -0.2) is 5.91 Å². The van der Waals surface area contributed by atoms with Crippen molar-refractivity contribution < 1.29 is 4.79 Å². The molecular weight excluding hydrogens is 166 g/mol. The Bertz CT molecular complexity index is 419. The molecule has 1 aromatic rings. The van der Waals surface area contributed by atoms with Gasteiger partial charge in [-0.25, -0.2) is 0 Å². The molecular formula is C9H7N3O. The normalized spacial score (nSPS) is 19.1. The van der Waals surface area contributed by atoms with Crippen molar-refractivity contribution in [2.75, 3.05) is 5.32 Å². The largest absolute Gasteiger partial charge is 0.324 e. The molecule has 4 heteroatoms. The van der Waals surface area contributed by atoms with Gasteiger partial charge in [0.2, 0.25) is 5.91 Å². The molecule has 4 nitrogen and oxygen atoms in total. The maximum Gasteiger partial charge on any atom is 0.245 e. The first-order valence-electron chi connectivity index (χ1n) is 3.83. The number of nitrogens with two attached hydrogens (primary N) is 1. The highest BCUT2D eigenvalue weighted by molar-refractivity contribution is 6.02. The van der Waals surface area contributed by atoms with Crippen LogP contribution < -0.4 is 11.1 Å². The third-order valence-corrected chi connectivity index (χ3v) is 2.06. The lowest BCUT2D eigenvalue weighted by Gasteiger charge is -1.99. The molecule has 13 heavy (non-hydrogen) atoms. The Labute approximate surface area is 75.0 Å². The highest BCUT2D eigenvalue weighted by Gasteiger charge is 2.26. The SMILES string of the molecule is N#Cc1ccc2c(c1)NC(=O)C2N. The molecule has 64 valence electrons. The van der Waals surface area contributed by atoms with Crippen LogP contribution in [0.15, 0.2) is 18.2 Å². The second-order valence-electron chi connectivity index (χ2n) is 2.88. The summed E-state index contributed by atoms with van der Waals surface area (Å²) in [7, 11) is 0. The van der Waals surface area contributed by atoms with Crippen LogP contribution in [0, 0.1) is 11.3 Å². The Morgan fingerprint density at radius 3 is 3.00 bits per heavy atom. The number of carbonyl (C=O) groups excluding carboxylic acids is 1. The van der Waals surface area contributed by atoms with Gasteiger partial charge in [0.25, 0.3) is 0 Å². The molecule has 1 heterocycles. The van der Waals surface area contributed by atoms with Crippen LogP contribution in [0.5, 0.6) is 0 Å². The average Bonchev–Trinajstić information content (AvgIpc) is 2.42. The summed E-state index contributed by atoms with van der Waals surface area (Å²) in [5, 5.41) is 11.2. The minimum atomic E-state index is -0.595. The van der Waals surface area contributed by atoms with Crippen LogP contribution in [0.1, 0.15) is 17.2 Å². The van der Waals surface area contributed by atoms with E-state index < -0.39 is 6.04 Å². The number of rotatable bonds is 0. The number of amides is 1. The third-order valence-electron chi connectivity index (χ3n) is 2.06. The first-order valence-corrected chi connectivity index (χ1v) is 3.83. The fraction of sp³-hybridized carbons (Fsp3) is 0.111. The van der Waals surface area contributed by atoms with Crippen LogP contribution in [0.25, 0.3) is 0 Å². The lowest BCUT2D eigenvalue weighted by Crippen LogP contribution is -2.19. The topological polar surface area (TPSA) is 78.9 Å². The lowest BCUT2D eigenvalue weighted by atomic mass is 10.1. The molecule has 0 saturated heterocycles. The van der Waals surface area contributed by atoms with Crippen molar-refractivity contribution in [2.45, 2.75) is 6.04 Å². The summed E-state index contributed by atoms with van der Waals surface area (Å²) in [6.07, 6.45) is 0. The van der Waals surface area contributed by atoms with E-state index in [9.17, 15) is 4.79 Å². The fourth-order valence-electron chi connectivity index (χ4n) is 1.36. The molecule has 1 amide bonds. The molecule has 2 rings (SSSR count). The van der Waals surface area contributed by atoms with E-state index >= 15 is 0 Å². The van der Waals surface area contributed by atoms with Gasteiger partial charge >= 0.3 is 0 Å². The molecule has 0 aromatic heterocycles. The van der Waals surface area contributed by atoms with Gasteiger partial charge < -0.3 is 11.1 Å². The fourth-order valence-corrected chi connectivity index (χ4v) is 1.36. The van der Waals surface area contributed by atoms with Crippen molar-refractivity contribution in [1.82, 2.24) is 0 Å². The molecule has 1 aliphatic rings. The first-order chi connectivity index (χ1) is 6.22. The first kappa shape index (κ1) is 7.77. The molecule has 0 spiro atoms. The summed E-state index contributed by atoms with van der Waals surface area (Å²) in [6, 6.07) is 6.38. The van der Waals surface area contributed by atoms with Gasteiger partial charge in [-0.2, -0.15) is 5.26 Å². The predicted molar refractivity (Wildman–Crippen MR) is 46.7 cm³/mol. The number of nitrogens with one attached hydrogen (secondary N) is 1. The summed E-state index contributed by atoms with van der Waals surface area (Å²) in [5.41, 5.74) is 7.51. The number of benzene rings is 1. The van der Waals surface area contributed by atoms with Crippen LogP contribution in [0.4, 0.5) is 5.69 Å². The number of nitriles is 1. The standard InChI is InChI=1S/C9H7N3O/c10-4-5-1-2-6-7(3-5)12-9(13)8(6)11/h1-3,8H,11H2,(H,12,13). The van der Waals surface area contributed by atoms with Crippen LogP contribution in [-0.2, 0) is 4.79 Å². The van der Waals surface area contributed by atoms with Crippen molar-refractivity contribution in [3.63, 3.8) is 0 Å². The van der Waals surface area contributed by atoms with E-state index in [4.69, 9.17) is 11.0 Å². The minimum absolute atomic E-state index is 0.218. The quantitative estimate of drug-likeness (QED) is 0.600. The molecule has 1 atom stereocenters. The summed E-state index contributed by atoms with van der Waals surface area (Å²) >= 11 is 0. The molecule has 3 N–H and O–H groups in total. The summed E-state index contributed by atoms with van der Waals surface area (Å²) < 4.78 is 0. The van der Waals surface area contributed by atoms with Gasteiger partial charge in [0, 0.05) is 11.3 Å². The Kier molecular flexibility index (Phi) is 1.54. The Balaban J connectivity index is 2.54. The highest BCUT2D eigenvalue weighted by atomic mass is 16.2. The Hall–Kier alpha value is -1.86. The van der Waals surface area contributed by atoms with E-state index in [1.54, 1.807) is 18.2 Å². The zero-order valence-corrected chi connectivity index (χ0v) is 6.74. The van der Waals surface area contributed by atoms with Crippen molar-refractivity contribution in [3.8, 4) is 6.07 Å². The molecule has 0 saturated carbocycles. The van der Waals surface area contributed by atoms with Crippen molar-refractivity contribution in [2.24, 2.45) is 5.73 Å². The second kappa shape index (κ2) is 2.57. The van der Waals surface area contributed by atoms with Crippen molar-refractivity contribution in [1.29, 1.82) is 5.26 Å². The smallest absolute Gasteiger partial charge is 0.245 e. The Morgan fingerprint density at radius 2 is 2.31 bits per heavy atom. The number of hydrogen-bond donors (Lipinski definition) is 2. The summed E-state index contributed by atoms with van der Waals surface area (Å²) in [4.78, 5) is 11.1. The van der Waals surface area contributed by atoms with Crippen LogP contribution in [0.2, 0.25) is 0 Å². The monoisotopic (exact) mass is 173 g/mol. The van der Waals surface area contributed by atoms with Gasteiger partial charge in [-0.3, -0.25) is 4.79 Å². The molecule has 0 fully saturated rings. The molecule has 1 aromatic carbocycles. The third kappa shape index (κ3) is 1.06. The maximum atomic E-state index is 11.1. The van der Waals surface area contributed by atoms with Crippen LogP contribution >= 0.6 is 0 Å². The molecule has 1 aliphatic heterocycles. The average molecular weight is 173 g/mol. The van der Waals surface area contributed by atoms with Gasteiger partial charge in [0.05, 0.1) is 11.6 Å². The zero-order chi connectivity index (χ0) is 9.42. The highest BCUT2D eigenvalue weighted by Crippen LogP contribution is 2.29. The van der Waals surface area contributed by atoms with E-state index in [0.29, 0.717) is 11.3 Å². The second-order valence-corrected chi connectivity index (χ2v) is 2.88. The van der Waals surface area contributed by atoms with Crippen molar-refractivity contribution >= 4 is 11.6 Å². The molecule has 0 bridgehead atoms. The maximum absolute atomic E-state index is 11.1. The molecule has 0 aliphatic carbocycles.